The normalized spacial score (nSPS) is 15.6. The highest BCUT2D eigenvalue weighted by atomic mass is 19.4. The maximum absolute atomic E-state index is 13.0. The maximum atomic E-state index is 13.0. The summed E-state index contributed by atoms with van der Waals surface area (Å²) in [5.74, 6) is -0.208. The number of aryl methyl sites for hydroxylation is 1. The molecule has 0 aliphatic heterocycles. The van der Waals surface area contributed by atoms with Gasteiger partial charge in [-0.05, 0) is 55.7 Å². The number of carbonyl (C=O) groups excluding carboxylic acids is 1. The quantitative estimate of drug-likeness (QED) is 0.575. The summed E-state index contributed by atoms with van der Waals surface area (Å²) in [5.41, 5.74) is 1.87. The van der Waals surface area contributed by atoms with Gasteiger partial charge < -0.3 is 4.57 Å². The predicted octanol–water partition coefficient (Wildman–Crippen LogP) is 6.12. The minimum atomic E-state index is -4.50. The van der Waals surface area contributed by atoms with E-state index in [4.69, 9.17) is 0 Å². The molecule has 4 rings (SSSR count). The summed E-state index contributed by atoms with van der Waals surface area (Å²) < 4.78 is 41.0. The van der Waals surface area contributed by atoms with Crippen LogP contribution in [0.2, 0.25) is 0 Å². The molecular formula is C22H22F3N3O. The third-order valence-corrected chi connectivity index (χ3v) is 5.46. The Morgan fingerprint density at radius 2 is 1.86 bits per heavy atom. The molecule has 1 N–H and O–H groups in total. The first kappa shape index (κ1) is 19.5. The highest BCUT2D eigenvalue weighted by Crippen LogP contribution is 2.35. The Morgan fingerprint density at radius 1 is 1.10 bits per heavy atom. The Hall–Kier alpha value is -2.83. The zero-order valence-electron chi connectivity index (χ0n) is 16.1. The summed E-state index contributed by atoms with van der Waals surface area (Å²) in [5, 5.41) is 2.76. The Balaban J connectivity index is 1.71. The van der Waals surface area contributed by atoms with E-state index in [1.807, 2.05) is 29.7 Å². The summed E-state index contributed by atoms with van der Waals surface area (Å²) in [6.07, 6.45) is 0.892. The van der Waals surface area contributed by atoms with Crippen LogP contribution in [0.3, 0.4) is 0 Å². The van der Waals surface area contributed by atoms with Crippen molar-refractivity contribution in [3.8, 4) is 0 Å². The molecule has 0 bridgehead atoms. The number of carbonyl (C=O) groups is 1. The summed E-state index contributed by atoms with van der Waals surface area (Å²) in [6.45, 7) is 1.97. The fourth-order valence-electron chi connectivity index (χ4n) is 4.02. The molecule has 3 aromatic rings. The largest absolute Gasteiger partial charge is 0.416 e. The van der Waals surface area contributed by atoms with Crippen LogP contribution in [0.1, 0.15) is 59.6 Å². The van der Waals surface area contributed by atoms with E-state index in [-0.39, 0.29) is 11.6 Å². The third kappa shape index (κ3) is 3.99. The third-order valence-electron chi connectivity index (χ3n) is 5.46. The number of nitrogens with one attached hydrogen (secondary N) is 1. The van der Waals surface area contributed by atoms with Gasteiger partial charge >= 0.3 is 6.18 Å². The van der Waals surface area contributed by atoms with Crippen LogP contribution in [-0.4, -0.2) is 15.5 Å². The number of amides is 1. The Kier molecular flexibility index (Phi) is 5.06. The molecule has 2 aromatic carbocycles. The van der Waals surface area contributed by atoms with Crippen molar-refractivity contribution >= 4 is 22.9 Å². The number of anilines is 1. The molecule has 1 heterocycles. The van der Waals surface area contributed by atoms with Crippen molar-refractivity contribution in [2.45, 2.75) is 51.2 Å². The molecule has 1 aliphatic rings. The SMILES string of the molecule is Cc1ccc2c(c1)nc(NC(=O)c1cccc(C(F)(F)F)c1)n2C1CCCCC1. The van der Waals surface area contributed by atoms with Crippen LogP contribution in [0, 0.1) is 6.92 Å². The van der Waals surface area contributed by atoms with Crippen molar-refractivity contribution < 1.29 is 18.0 Å². The van der Waals surface area contributed by atoms with Crippen molar-refractivity contribution in [3.05, 3.63) is 59.2 Å². The van der Waals surface area contributed by atoms with E-state index in [2.05, 4.69) is 10.3 Å². The molecule has 1 amide bonds. The summed E-state index contributed by atoms with van der Waals surface area (Å²) in [7, 11) is 0. The molecule has 1 aromatic heterocycles. The van der Waals surface area contributed by atoms with E-state index in [1.165, 1.54) is 18.6 Å². The lowest BCUT2D eigenvalue weighted by atomic mass is 9.95. The molecule has 0 saturated heterocycles. The molecule has 29 heavy (non-hydrogen) atoms. The lowest BCUT2D eigenvalue weighted by molar-refractivity contribution is -0.137. The van der Waals surface area contributed by atoms with Crippen LogP contribution in [0.4, 0.5) is 19.1 Å². The van der Waals surface area contributed by atoms with Crippen LogP contribution in [0.25, 0.3) is 11.0 Å². The van der Waals surface area contributed by atoms with Gasteiger partial charge in [-0.3, -0.25) is 10.1 Å². The minimum Gasteiger partial charge on any atom is -0.307 e. The maximum Gasteiger partial charge on any atom is 0.416 e. The van der Waals surface area contributed by atoms with Crippen LogP contribution in [0.15, 0.2) is 42.5 Å². The molecule has 152 valence electrons. The molecule has 4 nitrogen and oxygen atoms in total. The highest BCUT2D eigenvalue weighted by molar-refractivity contribution is 6.04. The topological polar surface area (TPSA) is 46.9 Å². The van der Waals surface area contributed by atoms with Crippen LogP contribution >= 0.6 is 0 Å². The highest BCUT2D eigenvalue weighted by Gasteiger charge is 2.31. The smallest absolute Gasteiger partial charge is 0.307 e. The van der Waals surface area contributed by atoms with Gasteiger partial charge in [-0.25, -0.2) is 4.98 Å². The number of imidazole rings is 1. The molecule has 0 spiro atoms. The summed E-state index contributed by atoms with van der Waals surface area (Å²) >= 11 is 0. The Bertz CT molecular complexity index is 1050. The van der Waals surface area contributed by atoms with Crippen molar-refractivity contribution in [3.63, 3.8) is 0 Å². The number of aromatic nitrogens is 2. The molecule has 7 heteroatoms. The van der Waals surface area contributed by atoms with Gasteiger partial charge in [-0.1, -0.05) is 31.4 Å². The van der Waals surface area contributed by atoms with Gasteiger partial charge in [-0.15, -0.1) is 0 Å². The van der Waals surface area contributed by atoms with E-state index < -0.39 is 17.6 Å². The number of hydrogen-bond donors (Lipinski definition) is 1. The molecule has 1 fully saturated rings. The lowest BCUT2D eigenvalue weighted by Crippen LogP contribution is -2.20. The van der Waals surface area contributed by atoms with Gasteiger partial charge in [0.15, 0.2) is 0 Å². The van der Waals surface area contributed by atoms with Gasteiger partial charge in [0.2, 0.25) is 5.95 Å². The Morgan fingerprint density at radius 3 is 2.59 bits per heavy atom. The number of nitrogens with zero attached hydrogens (tertiary/aromatic N) is 2. The summed E-state index contributed by atoms with van der Waals surface area (Å²) in [4.78, 5) is 17.3. The van der Waals surface area contributed by atoms with Gasteiger partial charge in [-0.2, -0.15) is 13.2 Å². The second-order valence-corrected chi connectivity index (χ2v) is 7.62. The number of alkyl halides is 3. The van der Waals surface area contributed by atoms with E-state index in [0.717, 1.165) is 54.4 Å². The molecule has 1 aliphatic carbocycles. The van der Waals surface area contributed by atoms with Gasteiger partial charge in [0, 0.05) is 11.6 Å². The fourth-order valence-corrected chi connectivity index (χ4v) is 4.02. The minimum absolute atomic E-state index is 0.0433. The first-order chi connectivity index (χ1) is 13.8. The van der Waals surface area contributed by atoms with Crippen molar-refractivity contribution in [2.75, 3.05) is 5.32 Å². The first-order valence-corrected chi connectivity index (χ1v) is 9.80. The number of benzene rings is 2. The number of fused-ring (bicyclic) bond motifs is 1. The molecule has 1 saturated carbocycles. The second kappa shape index (κ2) is 7.54. The van der Waals surface area contributed by atoms with E-state index in [9.17, 15) is 18.0 Å². The molecular weight excluding hydrogens is 379 g/mol. The van der Waals surface area contributed by atoms with Crippen LogP contribution < -0.4 is 5.32 Å². The van der Waals surface area contributed by atoms with Crippen LogP contribution in [-0.2, 0) is 6.18 Å². The van der Waals surface area contributed by atoms with Gasteiger partial charge in [0.25, 0.3) is 5.91 Å². The average Bonchev–Trinajstić information content (AvgIpc) is 3.04. The van der Waals surface area contributed by atoms with Crippen molar-refractivity contribution in [2.24, 2.45) is 0 Å². The monoisotopic (exact) mass is 401 g/mol. The predicted molar refractivity (Wildman–Crippen MR) is 106 cm³/mol. The molecule has 0 atom stereocenters. The standard InChI is InChI=1S/C22H22F3N3O/c1-14-10-11-19-18(12-14)26-21(28(19)17-8-3-2-4-9-17)27-20(29)15-6-5-7-16(13-15)22(23,24)25/h5-7,10-13,17H,2-4,8-9H2,1H3,(H,26,27,29). The number of rotatable bonds is 3. The Labute approximate surface area is 166 Å². The van der Waals surface area contributed by atoms with Crippen molar-refractivity contribution in [1.82, 2.24) is 9.55 Å². The lowest BCUT2D eigenvalue weighted by Gasteiger charge is -2.25. The molecule has 0 radical (unpaired) electrons. The molecule has 0 unspecified atom stereocenters. The zero-order valence-corrected chi connectivity index (χ0v) is 16.1. The summed E-state index contributed by atoms with van der Waals surface area (Å²) in [6, 6.07) is 10.6. The van der Waals surface area contributed by atoms with Gasteiger partial charge in [0.1, 0.15) is 0 Å². The van der Waals surface area contributed by atoms with Gasteiger partial charge in [0.05, 0.1) is 16.6 Å². The first-order valence-electron chi connectivity index (χ1n) is 9.80. The average molecular weight is 401 g/mol. The van der Waals surface area contributed by atoms with E-state index in [0.29, 0.717) is 5.95 Å². The van der Waals surface area contributed by atoms with E-state index >= 15 is 0 Å². The number of hydrogen-bond acceptors (Lipinski definition) is 2. The van der Waals surface area contributed by atoms with E-state index in [1.54, 1.807) is 0 Å². The zero-order chi connectivity index (χ0) is 20.6. The van der Waals surface area contributed by atoms with Crippen LogP contribution in [0.5, 0.6) is 0 Å². The van der Waals surface area contributed by atoms with Crippen molar-refractivity contribution in [1.29, 1.82) is 0 Å². The second-order valence-electron chi connectivity index (χ2n) is 7.62. The number of halogens is 3. The fraction of sp³-hybridized carbons (Fsp3) is 0.364.